The van der Waals surface area contributed by atoms with Crippen LogP contribution in [0.1, 0.15) is 34.9 Å². The van der Waals surface area contributed by atoms with Crippen LogP contribution in [0.2, 0.25) is 0 Å². The first kappa shape index (κ1) is 18.4. The first-order valence-corrected chi connectivity index (χ1v) is 10.5. The van der Waals surface area contributed by atoms with Gasteiger partial charge in [-0.1, -0.05) is 18.2 Å². The third-order valence-electron chi connectivity index (χ3n) is 4.65. The molecule has 7 nitrogen and oxygen atoms in total. The van der Waals surface area contributed by atoms with Gasteiger partial charge < -0.3 is 5.32 Å². The molecule has 1 aliphatic rings. The van der Waals surface area contributed by atoms with E-state index >= 15 is 0 Å². The van der Waals surface area contributed by atoms with Crippen LogP contribution in [0, 0.1) is 0 Å². The normalized spacial score (nSPS) is 14.0. The van der Waals surface area contributed by atoms with Crippen molar-refractivity contribution < 1.29 is 13.2 Å². The van der Waals surface area contributed by atoms with Crippen molar-refractivity contribution in [3.8, 4) is 5.69 Å². The van der Waals surface area contributed by atoms with Gasteiger partial charge in [-0.3, -0.25) is 4.79 Å². The summed E-state index contributed by atoms with van der Waals surface area (Å²) in [6, 6.07) is 17.4. The minimum atomic E-state index is -3.51. The number of para-hydroxylation sites is 1. The standard InChI is InChI=1S/C20H20N4O3S/c1-21-28(26,27)17-11-9-15(10-12-17)22-20(25)19-13-18(14-7-8-14)23-24(19)16-5-3-2-4-6-16/h2-6,9-14,21H,7-8H2,1H3,(H,22,25). The minimum absolute atomic E-state index is 0.137. The number of amides is 1. The molecule has 4 rings (SSSR count). The van der Waals surface area contributed by atoms with E-state index in [4.69, 9.17) is 0 Å². The van der Waals surface area contributed by atoms with Gasteiger partial charge in [0.15, 0.2) is 0 Å². The van der Waals surface area contributed by atoms with E-state index in [0.717, 1.165) is 24.2 Å². The Morgan fingerprint density at radius 3 is 2.36 bits per heavy atom. The molecule has 28 heavy (non-hydrogen) atoms. The number of hydrogen-bond donors (Lipinski definition) is 2. The second-order valence-corrected chi connectivity index (χ2v) is 8.55. The Morgan fingerprint density at radius 2 is 1.75 bits per heavy atom. The lowest BCUT2D eigenvalue weighted by Crippen LogP contribution is -2.19. The van der Waals surface area contributed by atoms with Gasteiger partial charge in [0.2, 0.25) is 10.0 Å². The van der Waals surface area contributed by atoms with E-state index in [9.17, 15) is 13.2 Å². The maximum absolute atomic E-state index is 12.9. The largest absolute Gasteiger partial charge is 0.321 e. The van der Waals surface area contributed by atoms with Gasteiger partial charge >= 0.3 is 0 Å². The van der Waals surface area contributed by atoms with Crippen molar-refractivity contribution in [1.29, 1.82) is 0 Å². The highest BCUT2D eigenvalue weighted by Crippen LogP contribution is 2.39. The first-order chi connectivity index (χ1) is 13.5. The molecule has 1 aromatic heterocycles. The van der Waals surface area contributed by atoms with E-state index in [2.05, 4.69) is 15.1 Å². The molecule has 2 aromatic carbocycles. The van der Waals surface area contributed by atoms with E-state index < -0.39 is 10.0 Å². The van der Waals surface area contributed by atoms with Crippen LogP contribution in [0.3, 0.4) is 0 Å². The first-order valence-electron chi connectivity index (χ1n) is 8.98. The van der Waals surface area contributed by atoms with Gasteiger partial charge in [-0.15, -0.1) is 0 Å². The Labute approximate surface area is 163 Å². The number of carbonyl (C=O) groups excluding carboxylic acids is 1. The zero-order chi connectivity index (χ0) is 19.7. The van der Waals surface area contributed by atoms with Gasteiger partial charge in [0.1, 0.15) is 5.69 Å². The molecule has 2 N–H and O–H groups in total. The van der Waals surface area contributed by atoms with Crippen molar-refractivity contribution in [2.75, 3.05) is 12.4 Å². The van der Waals surface area contributed by atoms with Gasteiger partial charge in [-0.2, -0.15) is 5.10 Å². The number of nitrogens with one attached hydrogen (secondary N) is 2. The summed E-state index contributed by atoms with van der Waals surface area (Å²) >= 11 is 0. The molecule has 0 radical (unpaired) electrons. The van der Waals surface area contributed by atoms with Crippen LogP contribution in [0.25, 0.3) is 5.69 Å². The fourth-order valence-corrected chi connectivity index (χ4v) is 3.67. The summed E-state index contributed by atoms with van der Waals surface area (Å²) in [4.78, 5) is 13.0. The third kappa shape index (κ3) is 3.69. The number of aromatic nitrogens is 2. The summed E-state index contributed by atoms with van der Waals surface area (Å²) in [5, 5.41) is 7.45. The average molecular weight is 396 g/mol. The molecule has 1 amide bonds. The highest BCUT2D eigenvalue weighted by molar-refractivity contribution is 7.89. The molecule has 0 bridgehead atoms. The highest BCUT2D eigenvalue weighted by Gasteiger charge is 2.29. The average Bonchev–Trinajstić information content (AvgIpc) is 3.47. The highest BCUT2D eigenvalue weighted by atomic mass is 32.2. The van der Waals surface area contributed by atoms with Crippen LogP contribution < -0.4 is 10.0 Å². The van der Waals surface area contributed by atoms with Crippen molar-refractivity contribution in [2.45, 2.75) is 23.7 Å². The Bertz CT molecular complexity index is 1100. The van der Waals surface area contributed by atoms with Crippen LogP contribution in [-0.2, 0) is 10.0 Å². The van der Waals surface area contributed by atoms with Crippen LogP contribution in [0.15, 0.2) is 65.6 Å². The Balaban J connectivity index is 1.61. The van der Waals surface area contributed by atoms with E-state index in [0.29, 0.717) is 17.3 Å². The van der Waals surface area contributed by atoms with Crippen molar-refractivity contribution in [3.63, 3.8) is 0 Å². The lowest BCUT2D eigenvalue weighted by Gasteiger charge is -2.09. The van der Waals surface area contributed by atoms with Gasteiger partial charge in [-0.05, 0) is 62.4 Å². The van der Waals surface area contributed by atoms with E-state index in [-0.39, 0.29) is 10.8 Å². The second-order valence-electron chi connectivity index (χ2n) is 6.66. The predicted molar refractivity (Wildman–Crippen MR) is 106 cm³/mol. The molecule has 0 atom stereocenters. The third-order valence-corrected chi connectivity index (χ3v) is 6.08. The van der Waals surface area contributed by atoms with Crippen LogP contribution in [0.5, 0.6) is 0 Å². The number of rotatable bonds is 6. The summed E-state index contributed by atoms with van der Waals surface area (Å²) in [7, 11) is -2.16. The molecule has 1 heterocycles. The summed E-state index contributed by atoms with van der Waals surface area (Å²) in [5.74, 6) is 0.120. The summed E-state index contributed by atoms with van der Waals surface area (Å²) < 4.78 is 27.6. The number of sulfonamides is 1. The van der Waals surface area contributed by atoms with Crippen molar-refractivity contribution >= 4 is 21.6 Å². The zero-order valence-electron chi connectivity index (χ0n) is 15.3. The number of anilines is 1. The minimum Gasteiger partial charge on any atom is -0.321 e. The molecule has 3 aromatic rings. The molecule has 0 aliphatic heterocycles. The Kier molecular flexibility index (Phi) is 4.74. The fraction of sp³-hybridized carbons (Fsp3) is 0.200. The molecular formula is C20H20N4O3S. The van der Waals surface area contributed by atoms with Crippen LogP contribution >= 0.6 is 0 Å². The lowest BCUT2D eigenvalue weighted by molar-refractivity contribution is 0.101. The molecule has 8 heteroatoms. The molecule has 1 aliphatic carbocycles. The molecule has 0 saturated heterocycles. The number of carbonyl (C=O) groups is 1. The number of benzene rings is 2. The summed E-state index contributed by atoms with van der Waals surface area (Å²) in [6.07, 6.45) is 2.18. The van der Waals surface area contributed by atoms with Crippen molar-refractivity contribution in [2.24, 2.45) is 0 Å². The smallest absolute Gasteiger partial charge is 0.274 e. The maximum Gasteiger partial charge on any atom is 0.274 e. The van der Waals surface area contributed by atoms with Crippen LogP contribution in [-0.4, -0.2) is 31.2 Å². The van der Waals surface area contributed by atoms with E-state index in [1.54, 1.807) is 16.8 Å². The lowest BCUT2D eigenvalue weighted by atomic mass is 10.2. The van der Waals surface area contributed by atoms with E-state index in [1.165, 1.54) is 19.2 Å². The molecule has 0 spiro atoms. The molecule has 144 valence electrons. The Morgan fingerprint density at radius 1 is 1.07 bits per heavy atom. The summed E-state index contributed by atoms with van der Waals surface area (Å²) in [6.45, 7) is 0. The monoisotopic (exact) mass is 396 g/mol. The molecular weight excluding hydrogens is 376 g/mol. The number of nitrogens with zero attached hydrogens (tertiary/aromatic N) is 2. The number of hydrogen-bond acceptors (Lipinski definition) is 4. The Hall–Kier alpha value is -2.97. The van der Waals surface area contributed by atoms with Crippen molar-refractivity contribution in [1.82, 2.24) is 14.5 Å². The summed E-state index contributed by atoms with van der Waals surface area (Å²) in [5.41, 5.74) is 2.69. The zero-order valence-corrected chi connectivity index (χ0v) is 16.1. The molecule has 0 unspecified atom stereocenters. The molecule has 1 fully saturated rings. The van der Waals surface area contributed by atoms with E-state index in [1.807, 2.05) is 36.4 Å². The van der Waals surface area contributed by atoms with Gasteiger partial charge in [0, 0.05) is 11.6 Å². The topological polar surface area (TPSA) is 93.1 Å². The molecule has 1 saturated carbocycles. The van der Waals surface area contributed by atoms with Gasteiger partial charge in [-0.25, -0.2) is 17.8 Å². The SMILES string of the molecule is CNS(=O)(=O)c1ccc(NC(=O)c2cc(C3CC3)nn2-c2ccccc2)cc1. The predicted octanol–water partition coefficient (Wildman–Crippen LogP) is 2.91. The second kappa shape index (κ2) is 7.21. The maximum atomic E-state index is 12.9. The quantitative estimate of drug-likeness (QED) is 0.670. The van der Waals surface area contributed by atoms with Gasteiger partial charge in [0.05, 0.1) is 16.3 Å². The fourth-order valence-electron chi connectivity index (χ4n) is 2.94. The van der Waals surface area contributed by atoms with Crippen molar-refractivity contribution in [3.05, 3.63) is 72.1 Å². The van der Waals surface area contributed by atoms with Gasteiger partial charge in [0.25, 0.3) is 5.91 Å². The van der Waals surface area contributed by atoms with Crippen LogP contribution in [0.4, 0.5) is 5.69 Å².